The summed E-state index contributed by atoms with van der Waals surface area (Å²) in [6, 6.07) is 12.4. The van der Waals surface area contributed by atoms with E-state index < -0.39 is 12.2 Å². The Labute approximate surface area is 212 Å². The molecule has 0 saturated heterocycles. The molecule has 0 amide bonds. The van der Waals surface area contributed by atoms with E-state index in [1.54, 1.807) is 12.1 Å². The monoisotopic (exact) mass is 517 g/mol. The quantitative estimate of drug-likeness (QED) is 0.197. The lowest BCUT2D eigenvalue weighted by Crippen LogP contribution is -2.32. The summed E-state index contributed by atoms with van der Waals surface area (Å²) in [5.74, 6) is 0.101. The predicted molar refractivity (Wildman–Crippen MR) is 133 cm³/mol. The number of hydrogen-bond acceptors (Lipinski definition) is 5. The average molecular weight is 518 g/mol. The number of hydrogen-bond donors (Lipinski definition) is 1. The van der Waals surface area contributed by atoms with Crippen LogP contribution in [-0.2, 0) is 11.5 Å². The van der Waals surface area contributed by atoms with Crippen LogP contribution in [0, 0.1) is 12.7 Å². The van der Waals surface area contributed by atoms with Crippen molar-refractivity contribution in [3.05, 3.63) is 77.1 Å². The van der Waals surface area contributed by atoms with Crippen molar-refractivity contribution in [3.8, 4) is 28.4 Å². The molecule has 9 heteroatoms. The fourth-order valence-electron chi connectivity index (χ4n) is 4.52. The Bertz CT molecular complexity index is 1350. The Balaban J connectivity index is 1.81. The van der Waals surface area contributed by atoms with E-state index in [0.717, 1.165) is 33.5 Å². The van der Waals surface area contributed by atoms with Crippen molar-refractivity contribution in [2.45, 2.75) is 46.2 Å². The molecule has 1 aliphatic heterocycles. The van der Waals surface area contributed by atoms with Crippen molar-refractivity contribution >= 4 is 11.3 Å². The molecule has 0 spiro atoms. The number of aryl methyl sites for hydroxylation is 1. The maximum atomic E-state index is 13.9. The van der Waals surface area contributed by atoms with Crippen LogP contribution in [0.5, 0.6) is 17.2 Å². The lowest BCUT2D eigenvalue weighted by Gasteiger charge is -2.33. The molecule has 0 unspecified atom stereocenters. The highest BCUT2D eigenvalue weighted by molar-refractivity contribution is 5.88. The number of fused-ring (bicyclic) bond motifs is 1. The van der Waals surface area contributed by atoms with Crippen LogP contribution in [0.25, 0.3) is 16.7 Å². The minimum Gasteiger partial charge on any atom is -0.496 e. The lowest BCUT2D eigenvalue weighted by molar-refractivity contribution is -0.444. The molecule has 1 N–H and O–H groups in total. The summed E-state index contributed by atoms with van der Waals surface area (Å²) >= 11 is 0. The van der Waals surface area contributed by atoms with E-state index in [1.165, 1.54) is 31.4 Å². The van der Waals surface area contributed by atoms with E-state index in [2.05, 4.69) is 35.0 Å². The number of nitrogens with one attached hydrogen (secondary N) is 1. The van der Waals surface area contributed by atoms with E-state index in [9.17, 15) is 17.6 Å². The van der Waals surface area contributed by atoms with E-state index in [1.807, 2.05) is 26.0 Å². The molecule has 4 rings (SSSR count). The number of methoxy groups -OCH3 is 1. The summed E-state index contributed by atoms with van der Waals surface area (Å²) in [7, 11) is 1.41. The molecule has 196 valence electrons. The third-order valence-corrected chi connectivity index (χ3v) is 5.96. The molecule has 3 aromatic rings. The number of anilines is 1. The first-order valence-electron chi connectivity index (χ1n) is 11.5. The average Bonchev–Trinajstić information content (AvgIpc) is 2.81. The van der Waals surface area contributed by atoms with Crippen LogP contribution in [-0.4, -0.2) is 19.0 Å². The Hall–Kier alpha value is -3.72. The van der Waals surface area contributed by atoms with Gasteiger partial charge in [0.25, 0.3) is 0 Å². The molecule has 5 nitrogen and oxygen atoms in total. The van der Waals surface area contributed by atoms with Crippen LogP contribution in [0.15, 0.2) is 54.6 Å². The van der Waals surface area contributed by atoms with Crippen LogP contribution >= 0.6 is 0 Å². The van der Waals surface area contributed by atoms with E-state index in [4.69, 9.17) is 9.47 Å². The van der Waals surface area contributed by atoms with Crippen molar-refractivity contribution < 1.29 is 36.8 Å². The predicted octanol–water partition coefficient (Wildman–Crippen LogP) is 7.83. The number of rotatable bonds is 7. The topological polar surface area (TPSA) is 49.0 Å². The summed E-state index contributed by atoms with van der Waals surface area (Å²) in [5.41, 5.74) is 5.51. The third-order valence-electron chi connectivity index (χ3n) is 5.96. The Morgan fingerprint density at radius 2 is 1.65 bits per heavy atom. The molecule has 1 aliphatic rings. The summed E-state index contributed by atoms with van der Waals surface area (Å²) < 4.78 is 62.8. The van der Waals surface area contributed by atoms with Gasteiger partial charge >= 0.3 is 6.36 Å². The molecule has 3 aromatic carbocycles. The molecule has 1 heterocycles. The molecule has 0 atom stereocenters. The summed E-state index contributed by atoms with van der Waals surface area (Å²) in [5, 5.41) is 3.51. The van der Waals surface area contributed by atoms with Gasteiger partial charge < -0.3 is 19.7 Å². The van der Waals surface area contributed by atoms with Crippen LogP contribution in [0.1, 0.15) is 37.5 Å². The fourth-order valence-corrected chi connectivity index (χ4v) is 4.52. The highest BCUT2D eigenvalue weighted by Crippen LogP contribution is 2.43. The number of allylic oxidation sites excluding steroid dienone is 1. The molecule has 0 bridgehead atoms. The van der Waals surface area contributed by atoms with E-state index in [0.29, 0.717) is 11.3 Å². The second-order valence-corrected chi connectivity index (χ2v) is 9.36. The Morgan fingerprint density at radius 3 is 2.35 bits per heavy atom. The van der Waals surface area contributed by atoms with Gasteiger partial charge in [-0.15, -0.1) is 13.2 Å². The first-order chi connectivity index (χ1) is 17.4. The van der Waals surface area contributed by atoms with Crippen molar-refractivity contribution in [2.24, 2.45) is 0 Å². The number of ether oxygens (including phenoxy) is 2. The smallest absolute Gasteiger partial charge is 0.496 e. The van der Waals surface area contributed by atoms with Gasteiger partial charge in [-0.3, -0.25) is 0 Å². The summed E-state index contributed by atoms with van der Waals surface area (Å²) in [4.78, 5) is 7.89. The fraction of sp³-hybridized carbons (Fsp3) is 0.286. The molecule has 0 radical (unpaired) electrons. The minimum atomic E-state index is -4.95. The van der Waals surface area contributed by atoms with Gasteiger partial charge in [0.1, 0.15) is 23.9 Å². The van der Waals surface area contributed by atoms with Gasteiger partial charge in [0.05, 0.1) is 12.6 Å². The minimum absolute atomic E-state index is 0.106. The van der Waals surface area contributed by atoms with Crippen LogP contribution < -0.4 is 19.7 Å². The van der Waals surface area contributed by atoms with Crippen molar-refractivity contribution in [1.82, 2.24) is 0 Å². The molecule has 0 saturated carbocycles. The van der Waals surface area contributed by atoms with Gasteiger partial charge in [0, 0.05) is 34.5 Å². The SMILES string of the molecule is COc1cc(OOC(F)(F)F)ccc1-c1ccc2c(c1COc1cc(F)ccc1C)C(C)=CC(C)(C)N2. The third kappa shape index (κ3) is 5.99. The maximum absolute atomic E-state index is 13.9. The summed E-state index contributed by atoms with van der Waals surface area (Å²) in [6.45, 7) is 8.06. The molecule has 0 fully saturated rings. The molecule has 37 heavy (non-hydrogen) atoms. The molecular weight excluding hydrogens is 490 g/mol. The van der Waals surface area contributed by atoms with Crippen molar-refractivity contribution in [3.63, 3.8) is 0 Å². The lowest BCUT2D eigenvalue weighted by atomic mass is 9.85. The second-order valence-electron chi connectivity index (χ2n) is 9.36. The van der Waals surface area contributed by atoms with Gasteiger partial charge in [-0.2, -0.15) is 0 Å². The first-order valence-corrected chi connectivity index (χ1v) is 11.5. The first kappa shape index (κ1) is 26.3. The van der Waals surface area contributed by atoms with E-state index >= 15 is 0 Å². The van der Waals surface area contributed by atoms with Crippen LogP contribution in [0.4, 0.5) is 23.2 Å². The largest absolute Gasteiger partial charge is 0.558 e. The zero-order chi connectivity index (χ0) is 27.0. The zero-order valence-electron chi connectivity index (χ0n) is 21.0. The normalized spacial score (nSPS) is 14.4. The van der Waals surface area contributed by atoms with E-state index in [-0.39, 0.29) is 23.6 Å². The molecular formula is C28H27F4NO4. The Kier molecular flexibility index (Phi) is 7.10. The highest BCUT2D eigenvalue weighted by Gasteiger charge is 2.32. The van der Waals surface area contributed by atoms with Gasteiger partial charge in [0.15, 0.2) is 5.75 Å². The van der Waals surface area contributed by atoms with Crippen molar-refractivity contribution in [1.29, 1.82) is 0 Å². The van der Waals surface area contributed by atoms with Crippen LogP contribution in [0.2, 0.25) is 0 Å². The van der Waals surface area contributed by atoms with Gasteiger partial charge in [-0.25, -0.2) is 4.39 Å². The standard InChI is InChI=1S/C28H27F4NO4/c1-16-6-7-18(29)12-24(16)35-15-22-20(10-11-23-26(22)17(2)14-27(3,4)33-23)21-9-8-19(13-25(21)34-5)36-37-28(30,31)32/h6-14,33H,15H2,1-5H3. The number of halogens is 4. The van der Waals surface area contributed by atoms with Crippen molar-refractivity contribution in [2.75, 3.05) is 12.4 Å². The van der Waals surface area contributed by atoms with Gasteiger partial charge in [-0.05, 0) is 68.7 Å². The second kappa shape index (κ2) is 9.97. The number of alkyl halides is 3. The highest BCUT2D eigenvalue weighted by atomic mass is 19.4. The number of benzene rings is 3. The Morgan fingerprint density at radius 1 is 0.919 bits per heavy atom. The van der Waals surface area contributed by atoms with Gasteiger partial charge in [0.2, 0.25) is 0 Å². The van der Waals surface area contributed by atoms with Gasteiger partial charge in [-0.1, -0.05) is 23.1 Å². The molecule has 0 aliphatic carbocycles. The molecule has 0 aromatic heterocycles. The van der Waals surface area contributed by atoms with Crippen LogP contribution in [0.3, 0.4) is 0 Å². The summed E-state index contributed by atoms with van der Waals surface area (Å²) in [6.07, 6.45) is -2.84. The maximum Gasteiger partial charge on any atom is 0.558 e. The zero-order valence-corrected chi connectivity index (χ0v) is 21.0.